The van der Waals surface area contributed by atoms with Crippen LogP contribution in [0.2, 0.25) is 0 Å². The highest BCUT2D eigenvalue weighted by molar-refractivity contribution is 6.11. The first kappa shape index (κ1) is 31.2. The second-order valence-electron chi connectivity index (χ2n) is 13.6. The number of aryl methyl sites for hydroxylation is 1. The Kier molecular flexibility index (Phi) is 7.99. The predicted molar refractivity (Wildman–Crippen MR) is 160 cm³/mol. The number of ether oxygens (including phenoxy) is 1. The van der Waals surface area contributed by atoms with Crippen LogP contribution in [0, 0.1) is 5.92 Å². The fourth-order valence-corrected chi connectivity index (χ4v) is 6.93. The first-order valence-corrected chi connectivity index (χ1v) is 15.6. The number of nitrogens with zero attached hydrogens (tertiary/aromatic N) is 5. The lowest BCUT2D eigenvalue weighted by molar-refractivity contribution is -0.142. The van der Waals surface area contributed by atoms with E-state index in [9.17, 15) is 22.8 Å². The number of nitrogens with one attached hydrogen (secondary N) is 1. The number of aromatic nitrogens is 4. The lowest BCUT2D eigenvalue weighted by Crippen LogP contribution is -2.47. The highest BCUT2D eigenvalue weighted by Crippen LogP contribution is 2.49. The molecule has 1 aliphatic heterocycles. The van der Waals surface area contributed by atoms with Crippen LogP contribution >= 0.6 is 0 Å². The number of carbonyl (C=O) groups excluding carboxylic acids is 2. The Bertz CT molecular complexity index is 1610. The molecule has 0 spiro atoms. The van der Waals surface area contributed by atoms with Crippen LogP contribution in [0.25, 0.3) is 0 Å². The molecule has 3 heterocycles. The standard InChI is InChI=1S/C33H39F3N6O3/c1-20(2)11-23-14-22(32(9-6-10-32)16-27-40-38-18-41(27)4)15-26(39-23)42-29(44)24-12-21(17-37-31(3)7-5-8-31)13-25(33(34,35)36)28(24)30(42)45-19-43/h12-15,18-20,30,37H,5-11,16-17H2,1-4H3. The minimum atomic E-state index is -4.79. The molecule has 1 atom stereocenters. The zero-order valence-corrected chi connectivity index (χ0v) is 26.1. The van der Waals surface area contributed by atoms with Crippen LogP contribution in [0.15, 0.2) is 30.6 Å². The highest BCUT2D eigenvalue weighted by atomic mass is 19.4. The lowest BCUT2D eigenvalue weighted by atomic mass is 9.62. The Labute approximate surface area is 260 Å². The molecule has 9 nitrogen and oxygen atoms in total. The van der Waals surface area contributed by atoms with Gasteiger partial charge in [-0.1, -0.05) is 20.3 Å². The molecule has 1 unspecified atom stereocenters. The van der Waals surface area contributed by atoms with Gasteiger partial charge in [0, 0.05) is 47.8 Å². The molecule has 1 N–H and O–H groups in total. The zero-order valence-electron chi connectivity index (χ0n) is 26.1. The maximum absolute atomic E-state index is 14.6. The molecule has 2 aromatic heterocycles. The van der Waals surface area contributed by atoms with Crippen molar-refractivity contribution in [3.8, 4) is 0 Å². The molecule has 3 aromatic rings. The van der Waals surface area contributed by atoms with Gasteiger partial charge in [0.2, 0.25) is 6.23 Å². The van der Waals surface area contributed by atoms with Crippen LogP contribution in [-0.2, 0) is 47.6 Å². The van der Waals surface area contributed by atoms with Gasteiger partial charge < -0.3 is 14.6 Å². The Morgan fingerprint density at radius 2 is 1.87 bits per heavy atom. The topological polar surface area (TPSA) is 102 Å². The second kappa shape index (κ2) is 11.5. The molecule has 3 aliphatic rings. The van der Waals surface area contributed by atoms with E-state index in [1.807, 2.05) is 24.6 Å². The van der Waals surface area contributed by atoms with E-state index >= 15 is 0 Å². The van der Waals surface area contributed by atoms with Crippen LogP contribution in [0.3, 0.4) is 0 Å². The van der Waals surface area contributed by atoms with Gasteiger partial charge in [0.05, 0.1) is 5.56 Å². The number of anilines is 1. The number of benzene rings is 1. The van der Waals surface area contributed by atoms with E-state index in [0.29, 0.717) is 24.1 Å². The Balaban J connectivity index is 1.45. The number of pyridine rings is 1. The summed E-state index contributed by atoms with van der Waals surface area (Å²) in [5.41, 5.74) is 0.0504. The third-order valence-electron chi connectivity index (χ3n) is 9.79. The first-order chi connectivity index (χ1) is 21.3. The van der Waals surface area contributed by atoms with Gasteiger partial charge in [-0.25, -0.2) is 4.98 Å². The van der Waals surface area contributed by atoms with Gasteiger partial charge in [0.15, 0.2) is 0 Å². The van der Waals surface area contributed by atoms with E-state index in [0.717, 1.165) is 60.9 Å². The van der Waals surface area contributed by atoms with Crippen molar-refractivity contribution in [2.45, 2.75) is 102 Å². The maximum Gasteiger partial charge on any atom is 0.416 e. The number of rotatable bonds is 11. The van der Waals surface area contributed by atoms with Gasteiger partial charge in [-0.2, -0.15) is 13.2 Å². The summed E-state index contributed by atoms with van der Waals surface area (Å²) in [5, 5.41) is 11.7. The third-order valence-corrected chi connectivity index (χ3v) is 9.79. The molecule has 6 rings (SSSR count). The van der Waals surface area contributed by atoms with E-state index in [-0.39, 0.29) is 46.8 Å². The number of amides is 1. The Hall–Kier alpha value is -3.80. The van der Waals surface area contributed by atoms with Crippen LogP contribution in [-0.4, -0.2) is 37.7 Å². The van der Waals surface area contributed by atoms with Crippen LogP contribution in [0.4, 0.5) is 19.0 Å². The molecule has 2 saturated carbocycles. The number of carbonyl (C=O) groups is 2. The van der Waals surface area contributed by atoms with Gasteiger partial charge in [-0.05, 0) is 86.8 Å². The molecule has 1 amide bonds. The normalized spacial score (nSPS) is 20.1. The summed E-state index contributed by atoms with van der Waals surface area (Å²) in [4.78, 5) is 31.8. The molecule has 0 radical (unpaired) electrons. The van der Waals surface area contributed by atoms with E-state index in [1.54, 1.807) is 12.4 Å². The summed E-state index contributed by atoms with van der Waals surface area (Å²) in [5.74, 6) is 0.525. The van der Waals surface area contributed by atoms with Gasteiger partial charge in [-0.3, -0.25) is 14.5 Å². The van der Waals surface area contributed by atoms with Crippen molar-refractivity contribution in [2.75, 3.05) is 4.90 Å². The van der Waals surface area contributed by atoms with Crippen LogP contribution in [0.5, 0.6) is 0 Å². The van der Waals surface area contributed by atoms with E-state index in [4.69, 9.17) is 9.72 Å². The van der Waals surface area contributed by atoms with Crippen molar-refractivity contribution >= 4 is 18.2 Å². The molecule has 0 saturated heterocycles. The van der Waals surface area contributed by atoms with Crippen LogP contribution in [0.1, 0.15) is 110 Å². The molecule has 2 fully saturated rings. The van der Waals surface area contributed by atoms with Gasteiger partial charge in [0.1, 0.15) is 18.0 Å². The van der Waals surface area contributed by atoms with Crippen molar-refractivity contribution in [1.29, 1.82) is 0 Å². The molecule has 240 valence electrons. The van der Waals surface area contributed by atoms with E-state index in [2.05, 4.69) is 29.4 Å². The number of alkyl halides is 3. The van der Waals surface area contributed by atoms with Crippen molar-refractivity contribution in [3.05, 3.63) is 69.9 Å². The summed E-state index contributed by atoms with van der Waals surface area (Å²) in [6.45, 7) is 6.42. The van der Waals surface area contributed by atoms with Gasteiger partial charge in [0.25, 0.3) is 12.4 Å². The predicted octanol–water partition coefficient (Wildman–Crippen LogP) is 5.96. The summed E-state index contributed by atoms with van der Waals surface area (Å²) in [6, 6.07) is 6.36. The lowest BCUT2D eigenvalue weighted by Gasteiger charge is -2.43. The number of hydrogen-bond acceptors (Lipinski definition) is 7. The Morgan fingerprint density at radius 3 is 2.42 bits per heavy atom. The molecule has 12 heteroatoms. The zero-order chi connectivity index (χ0) is 32.1. The molecule has 1 aromatic carbocycles. The fourth-order valence-electron chi connectivity index (χ4n) is 6.93. The number of hydrogen-bond donors (Lipinski definition) is 1. The summed E-state index contributed by atoms with van der Waals surface area (Å²) in [7, 11) is 1.89. The number of halogens is 3. The average Bonchev–Trinajstić information content (AvgIpc) is 3.46. The maximum atomic E-state index is 14.6. The molecule has 0 bridgehead atoms. The highest BCUT2D eigenvalue weighted by Gasteiger charge is 2.48. The minimum Gasteiger partial charge on any atom is -0.439 e. The summed E-state index contributed by atoms with van der Waals surface area (Å²) >= 11 is 0. The first-order valence-electron chi connectivity index (χ1n) is 15.6. The second-order valence-corrected chi connectivity index (χ2v) is 13.6. The quantitative estimate of drug-likeness (QED) is 0.263. The molecular formula is C33H39F3N6O3. The van der Waals surface area contributed by atoms with Crippen molar-refractivity contribution < 1.29 is 27.5 Å². The smallest absolute Gasteiger partial charge is 0.416 e. The monoisotopic (exact) mass is 624 g/mol. The minimum absolute atomic E-state index is 0.0907. The van der Waals surface area contributed by atoms with Gasteiger partial charge >= 0.3 is 6.18 Å². The molecule has 45 heavy (non-hydrogen) atoms. The SMILES string of the molecule is CC(C)Cc1cc(C2(Cc3nncn3C)CCC2)cc(N2C(=O)c3cc(CNC4(C)CCC4)cc(C(F)(F)F)c3C2OC=O)n1. The average molecular weight is 625 g/mol. The van der Waals surface area contributed by atoms with E-state index < -0.39 is 23.9 Å². The molecule has 2 aliphatic carbocycles. The van der Waals surface area contributed by atoms with Crippen molar-refractivity contribution in [2.24, 2.45) is 13.0 Å². The summed E-state index contributed by atoms with van der Waals surface area (Å²) in [6.07, 6.45) is 2.15. The Morgan fingerprint density at radius 1 is 1.13 bits per heavy atom. The van der Waals surface area contributed by atoms with Gasteiger partial charge in [-0.15, -0.1) is 10.2 Å². The molecular weight excluding hydrogens is 585 g/mol. The van der Waals surface area contributed by atoms with E-state index in [1.165, 1.54) is 6.07 Å². The number of fused-ring (bicyclic) bond motifs is 1. The largest absolute Gasteiger partial charge is 0.439 e. The van der Waals surface area contributed by atoms with Crippen molar-refractivity contribution in [1.82, 2.24) is 25.1 Å². The third kappa shape index (κ3) is 5.84. The van der Waals surface area contributed by atoms with Crippen LogP contribution < -0.4 is 10.2 Å². The summed E-state index contributed by atoms with van der Waals surface area (Å²) < 4.78 is 51.0. The fraction of sp³-hybridized carbons (Fsp3) is 0.545. The van der Waals surface area contributed by atoms with Crippen molar-refractivity contribution in [3.63, 3.8) is 0 Å².